The lowest BCUT2D eigenvalue weighted by Gasteiger charge is -2.35. The number of H-pyrrole nitrogens is 1. The average molecular weight is 421 g/mol. The van der Waals surface area contributed by atoms with Gasteiger partial charge >= 0.3 is 5.97 Å². The smallest absolute Gasteiger partial charge is 0.316 e. The summed E-state index contributed by atoms with van der Waals surface area (Å²) in [5, 5.41) is 0.949. The van der Waals surface area contributed by atoms with Crippen molar-refractivity contribution < 1.29 is 19.0 Å². The summed E-state index contributed by atoms with van der Waals surface area (Å²) in [7, 11) is 0. The largest absolute Gasteiger partial charge is 0.486 e. The molecule has 31 heavy (non-hydrogen) atoms. The normalized spacial score (nSPS) is 16.6. The standard InChI is InChI=1S/C25H27NO5/c1-3-30-24(28)25(11-13-29-14-12-25)20-5-4-6-21(16-20)31-17(2)18-7-9-22-19(15-18)8-10-23(27)26-22/h4-10,15-17H,3,11-14H2,1-2H3,(H,26,27). The number of hydrogen-bond acceptors (Lipinski definition) is 5. The number of aromatic amines is 1. The van der Waals surface area contributed by atoms with Crippen molar-refractivity contribution >= 4 is 16.9 Å². The van der Waals surface area contributed by atoms with Crippen LogP contribution in [0.4, 0.5) is 0 Å². The van der Waals surface area contributed by atoms with Crippen LogP contribution in [0.2, 0.25) is 0 Å². The predicted molar refractivity (Wildman–Crippen MR) is 118 cm³/mol. The van der Waals surface area contributed by atoms with E-state index in [1.165, 1.54) is 6.07 Å². The molecule has 1 aliphatic rings. The van der Waals surface area contributed by atoms with E-state index in [2.05, 4.69) is 4.98 Å². The van der Waals surface area contributed by atoms with Gasteiger partial charge < -0.3 is 19.2 Å². The van der Waals surface area contributed by atoms with E-state index >= 15 is 0 Å². The lowest BCUT2D eigenvalue weighted by molar-refractivity contribution is -0.154. The maximum Gasteiger partial charge on any atom is 0.316 e. The van der Waals surface area contributed by atoms with Gasteiger partial charge in [0.2, 0.25) is 5.56 Å². The zero-order valence-electron chi connectivity index (χ0n) is 17.9. The van der Waals surface area contributed by atoms with Crippen molar-refractivity contribution in [3.8, 4) is 5.75 Å². The minimum atomic E-state index is -0.703. The van der Waals surface area contributed by atoms with Gasteiger partial charge in [0, 0.05) is 24.8 Å². The first kappa shape index (κ1) is 21.1. The maximum atomic E-state index is 12.9. The van der Waals surface area contributed by atoms with Crippen LogP contribution in [-0.4, -0.2) is 30.8 Å². The Kier molecular flexibility index (Phi) is 6.09. The molecule has 6 nitrogen and oxygen atoms in total. The first-order valence-corrected chi connectivity index (χ1v) is 10.7. The molecule has 6 heteroatoms. The molecule has 3 aromatic rings. The Hall–Kier alpha value is -3.12. The van der Waals surface area contributed by atoms with Crippen LogP contribution in [0.15, 0.2) is 59.4 Å². The van der Waals surface area contributed by atoms with Gasteiger partial charge in [-0.3, -0.25) is 9.59 Å². The molecule has 0 radical (unpaired) electrons. The highest BCUT2D eigenvalue weighted by molar-refractivity contribution is 5.83. The SMILES string of the molecule is CCOC(=O)C1(c2cccc(OC(C)c3ccc4[nH]c(=O)ccc4c3)c2)CCOCC1. The van der Waals surface area contributed by atoms with E-state index < -0.39 is 5.41 Å². The predicted octanol–water partition coefficient (Wildman–Crippen LogP) is 4.28. The molecule has 1 aromatic heterocycles. The number of hydrogen-bond donors (Lipinski definition) is 1. The van der Waals surface area contributed by atoms with Crippen LogP contribution in [0, 0.1) is 0 Å². The van der Waals surface area contributed by atoms with Gasteiger partial charge in [-0.2, -0.15) is 0 Å². The Labute approximate surface area is 181 Å². The van der Waals surface area contributed by atoms with Gasteiger partial charge in [0.15, 0.2) is 0 Å². The van der Waals surface area contributed by atoms with Gasteiger partial charge in [0.1, 0.15) is 11.9 Å². The molecule has 1 saturated heterocycles. The number of aromatic nitrogens is 1. The second-order valence-corrected chi connectivity index (χ2v) is 7.87. The molecule has 1 fully saturated rings. The molecule has 162 valence electrons. The van der Waals surface area contributed by atoms with Crippen molar-refractivity contribution in [2.24, 2.45) is 0 Å². The Balaban J connectivity index is 1.59. The molecule has 1 atom stereocenters. The van der Waals surface area contributed by atoms with Crippen molar-refractivity contribution in [2.75, 3.05) is 19.8 Å². The fourth-order valence-corrected chi connectivity index (χ4v) is 4.16. The van der Waals surface area contributed by atoms with E-state index in [4.69, 9.17) is 14.2 Å². The first-order chi connectivity index (χ1) is 15.0. The molecule has 0 bridgehead atoms. The fraction of sp³-hybridized carbons (Fsp3) is 0.360. The molecule has 2 heterocycles. The molecule has 4 rings (SSSR count). The number of esters is 1. The molecule has 0 aliphatic carbocycles. The molecule has 2 aromatic carbocycles. The van der Waals surface area contributed by atoms with E-state index in [9.17, 15) is 9.59 Å². The van der Waals surface area contributed by atoms with Crippen molar-refractivity contribution in [1.29, 1.82) is 0 Å². The Morgan fingerprint density at radius 3 is 2.71 bits per heavy atom. The van der Waals surface area contributed by atoms with Crippen LogP contribution in [0.25, 0.3) is 10.9 Å². The van der Waals surface area contributed by atoms with Gasteiger partial charge in [-0.15, -0.1) is 0 Å². The Morgan fingerprint density at radius 2 is 1.94 bits per heavy atom. The highest BCUT2D eigenvalue weighted by Gasteiger charge is 2.43. The minimum Gasteiger partial charge on any atom is -0.486 e. The molecular formula is C25H27NO5. The van der Waals surface area contributed by atoms with Gasteiger partial charge in [-0.05, 0) is 73.5 Å². The van der Waals surface area contributed by atoms with Crippen LogP contribution in [0.3, 0.4) is 0 Å². The molecule has 1 aliphatic heterocycles. The van der Waals surface area contributed by atoms with Gasteiger partial charge in [0.05, 0.1) is 12.0 Å². The second-order valence-electron chi connectivity index (χ2n) is 7.87. The van der Waals surface area contributed by atoms with Crippen molar-refractivity contribution in [1.82, 2.24) is 4.98 Å². The lowest BCUT2D eigenvalue weighted by Crippen LogP contribution is -2.42. The average Bonchev–Trinajstić information content (AvgIpc) is 2.79. The third-order valence-corrected chi connectivity index (χ3v) is 5.93. The van der Waals surface area contributed by atoms with Crippen molar-refractivity contribution in [3.05, 3.63) is 76.1 Å². The molecule has 0 amide bonds. The van der Waals surface area contributed by atoms with Crippen molar-refractivity contribution in [2.45, 2.75) is 38.2 Å². The van der Waals surface area contributed by atoms with Crippen molar-refractivity contribution in [3.63, 3.8) is 0 Å². The van der Waals surface area contributed by atoms with E-state index in [1.54, 1.807) is 6.07 Å². The summed E-state index contributed by atoms with van der Waals surface area (Å²) < 4.78 is 17.2. The Morgan fingerprint density at radius 1 is 1.13 bits per heavy atom. The summed E-state index contributed by atoms with van der Waals surface area (Å²) in [5.41, 5.74) is 1.86. The number of ether oxygens (including phenoxy) is 3. The zero-order chi connectivity index (χ0) is 21.8. The molecule has 0 spiro atoms. The monoisotopic (exact) mass is 421 g/mol. The van der Waals surface area contributed by atoms with E-state index in [0.29, 0.717) is 38.4 Å². The summed E-state index contributed by atoms with van der Waals surface area (Å²) in [4.78, 5) is 27.2. The Bertz CT molecular complexity index is 1130. The molecule has 1 unspecified atom stereocenters. The molecular weight excluding hydrogens is 394 g/mol. The van der Waals surface area contributed by atoms with Crippen LogP contribution >= 0.6 is 0 Å². The molecule has 0 saturated carbocycles. The van der Waals surface area contributed by atoms with Crippen LogP contribution in [-0.2, 0) is 19.7 Å². The highest BCUT2D eigenvalue weighted by atomic mass is 16.5. The summed E-state index contributed by atoms with van der Waals surface area (Å²) >= 11 is 0. The highest BCUT2D eigenvalue weighted by Crippen LogP contribution is 2.38. The summed E-state index contributed by atoms with van der Waals surface area (Å²) in [6.07, 6.45) is 0.973. The summed E-state index contributed by atoms with van der Waals surface area (Å²) in [5.74, 6) is 0.494. The third-order valence-electron chi connectivity index (χ3n) is 5.93. The maximum absolute atomic E-state index is 12.9. The van der Waals surface area contributed by atoms with E-state index in [1.807, 2.05) is 56.3 Å². The summed E-state index contributed by atoms with van der Waals surface area (Å²) in [6.45, 7) is 5.21. The lowest BCUT2D eigenvalue weighted by atomic mass is 9.74. The topological polar surface area (TPSA) is 77.6 Å². The van der Waals surface area contributed by atoms with Gasteiger partial charge in [-0.1, -0.05) is 18.2 Å². The van der Waals surface area contributed by atoms with Crippen LogP contribution in [0.5, 0.6) is 5.75 Å². The van der Waals surface area contributed by atoms with Crippen LogP contribution < -0.4 is 10.3 Å². The van der Waals surface area contributed by atoms with Gasteiger partial charge in [-0.25, -0.2) is 0 Å². The van der Waals surface area contributed by atoms with Crippen LogP contribution in [0.1, 0.15) is 43.9 Å². The first-order valence-electron chi connectivity index (χ1n) is 10.7. The van der Waals surface area contributed by atoms with E-state index in [-0.39, 0.29) is 17.6 Å². The van der Waals surface area contributed by atoms with Gasteiger partial charge in [0.25, 0.3) is 0 Å². The third kappa shape index (κ3) is 4.35. The number of benzene rings is 2. The zero-order valence-corrected chi connectivity index (χ0v) is 17.9. The summed E-state index contributed by atoms with van der Waals surface area (Å²) in [6, 6.07) is 16.9. The number of nitrogens with one attached hydrogen (secondary N) is 1. The van der Waals surface area contributed by atoms with E-state index in [0.717, 1.165) is 22.0 Å². The second kappa shape index (κ2) is 8.94. The number of carbonyl (C=O) groups is 1. The number of rotatable bonds is 6. The fourth-order valence-electron chi connectivity index (χ4n) is 4.16. The number of fused-ring (bicyclic) bond motifs is 1. The quantitative estimate of drug-likeness (QED) is 0.601. The molecule has 1 N–H and O–H groups in total. The minimum absolute atomic E-state index is 0.120. The number of carbonyl (C=O) groups excluding carboxylic acids is 1. The number of pyridine rings is 1.